The van der Waals surface area contributed by atoms with Crippen molar-refractivity contribution in [1.29, 1.82) is 0 Å². The fourth-order valence-corrected chi connectivity index (χ4v) is 2.56. The summed E-state index contributed by atoms with van der Waals surface area (Å²) in [6, 6.07) is 4.88. The summed E-state index contributed by atoms with van der Waals surface area (Å²) in [6.45, 7) is 8.11. The standard InChI is InChI=1S/C19H28N2O8/c1-7-26-18(23)28-13(4)21(14(5)29-19(24)27-8-2)16-11-15(20-12(3)22)9-10-17(16)25-6/h9-11,13-14H,7-8H2,1-6H3,(H,20,22). The van der Waals surface area contributed by atoms with Crippen LogP contribution < -0.4 is 15.0 Å². The number of rotatable bonds is 9. The van der Waals surface area contributed by atoms with Gasteiger partial charge in [-0.2, -0.15) is 0 Å². The molecule has 0 fully saturated rings. The van der Waals surface area contributed by atoms with Crippen molar-refractivity contribution in [2.75, 3.05) is 30.5 Å². The Bertz CT molecular complexity index is 683. The lowest BCUT2D eigenvalue weighted by molar-refractivity contribution is -0.114. The van der Waals surface area contributed by atoms with Crippen LogP contribution in [0.2, 0.25) is 0 Å². The van der Waals surface area contributed by atoms with Crippen LogP contribution in [0.1, 0.15) is 34.6 Å². The third-order valence-corrected chi connectivity index (χ3v) is 3.62. The van der Waals surface area contributed by atoms with E-state index in [4.69, 9.17) is 23.7 Å². The number of methoxy groups -OCH3 is 1. The van der Waals surface area contributed by atoms with Gasteiger partial charge in [-0.3, -0.25) is 9.69 Å². The van der Waals surface area contributed by atoms with E-state index in [0.29, 0.717) is 17.1 Å². The van der Waals surface area contributed by atoms with Gasteiger partial charge in [-0.05, 0) is 45.9 Å². The highest BCUT2D eigenvalue weighted by atomic mass is 16.7. The molecule has 10 heteroatoms. The Kier molecular flexibility index (Phi) is 9.57. The Morgan fingerprint density at radius 2 is 1.52 bits per heavy atom. The summed E-state index contributed by atoms with van der Waals surface area (Å²) in [6.07, 6.45) is -3.60. The minimum atomic E-state index is -0.917. The second-order valence-electron chi connectivity index (χ2n) is 5.78. The molecule has 10 nitrogen and oxygen atoms in total. The van der Waals surface area contributed by atoms with Gasteiger partial charge in [-0.1, -0.05) is 0 Å². The highest BCUT2D eigenvalue weighted by molar-refractivity contribution is 5.89. The molecule has 1 aromatic rings. The van der Waals surface area contributed by atoms with Gasteiger partial charge in [0.2, 0.25) is 5.91 Å². The van der Waals surface area contributed by atoms with Crippen LogP contribution in [0.4, 0.5) is 21.0 Å². The molecule has 29 heavy (non-hydrogen) atoms. The first-order chi connectivity index (χ1) is 13.7. The first kappa shape index (κ1) is 23.9. The topological polar surface area (TPSA) is 113 Å². The molecule has 0 saturated carbocycles. The fourth-order valence-electron chi connectivity index (χ4n) is 2.56. The molecule has 0 saturated heterocycles. The zero-order chi connectivity index (χ0) is 22.0. The van der Waals surface area contributed by atoms with Crippen molar-refractivity contribution in [3.8, 4) is 5.75 Å². The van der Waals surface area contributed by atoms with Gasteiger partial charge in [0.15, 0.2) is 12.5 Å². The maximum atomic E-state index is 11.8. The second kappa shape index (κ2) is 11.6. The number of carbonyl (C=O) groups excluding carboxylic acids is 3. The lowest BCUT2D eigenvalue weighted by Crippen LogP contribution is -2.45. The van der Waals surface area contributed by atoms with Gasteiger partial charge < -0.3 is 29.0 Å². The first-order valence-electron chi connectivity index (χ1n) is 9.14. The largest absolute Gasteiger partial charge is 0.510 e. The maximum Gasteiger partial charge on any atom is 0.510 e. The van der Waals surface area contributed by atoms with Gasteiger partial charge in [-0.15, -0.1) is 0 Å². The lowest BCUT2D eigenvalue weighted by Gasteiger charge is -2.35. The molecule has 0 radical (unpaired) electrons. The summed E-state index contributed by atoms with van der Waals surface area (Å²) in [5, 5.41) is 2.67. The smallest absolute Gasteiger partial charge is 0.495 e. The van der Waals surface area contributed by atoms with Gasteiger partial charge in [0.05, 0.1) is 26.0 Å². The van der Waals surface area contributed by atoms with Crippen LogP contribution in [-0.2, 0) is 23.7 Å². The average molecular weight is 412 g/mol. The third kappa shape index (κ3) is 7.40. The summed E-state index contributed by atoms with van der Waals surface area (Å²) in [5.74, 6) is 0.136. The number of amides is 1. The molecule has 162 valence electrons. The monoisotopic (exact) mass is 412 g/mol. The highest BCUT2D eigenvalue weighted by Gasteiger charge is 2.30. The Morgan fingerprint density at radius 3 is 1.93 bits per heavy atom. The molecular weight excluding hydrogens is 384 g/mol. The van der Waals surface area contributed by atoms with Crippen molar-refractivity contribution in [1.82, 2.24) is 0 Å². The van der Waals surface area contributed by atoms with Crippen LogP contribution in [0.3, 0.4) is 0 Å². The van der Waals surface area contributed by atoms with Crippen molar-refractivity contribution in [3.05, 3.63) is 18.2 Å². The number of nitrogens with zero attached hydrogens (tertiary/aromatic N) is 1. The average Bonchev–Trinajstić information content (AvgIpc) is 2.61. The first-order valence-corrected chi connectivity index (χ1v) is 9.14. The van der Waals surface area contributed by atoms with E-state index in [-0.39, 0.29) is 19.1 Å². The van der Waals surface area contributed by atoms with E-state index >= 15 is 0 Å². The third-order valence-electron chi connectivity index (χ3n) is 3.62. The molecule has 0 aliphatic carbocycles. The van der Waals surface area contributed by atoms with Crippen LogP contribution >= 0.6 is 0 Å². The predicted octanol–water partition coefficient (Wildman–Crippen LogP) is 3.50. The molecule has 2 unspecified atom stereocenters. The van der Waals surface area contributed by atoms with Crippen molar-refractivity contribution in [2.45, 2.75) is 47.1 Å². The summed E-state index contributed by atoms with van der Waals surface area (Å²) in [7, 11) is 1.46. The Labute approximate surface area is 170 Å². The number of hydrogen-bond donors (Lipinski definition) is 1. The van der Waals surface area contributed by atoms with Crippen LogP contribution in [0.5, 0.6) is 5.75 Å². The molecule has 2 atom stereocenters. The molecular formula is C19H28N2O8. The number of anilines is 2. The Morgan fingerprint density at radius 1 is 1.00 bits per heavy atom. The quantitative estimate of drug-likeness (QED) is 0.481. The number of benzene rings is 1. The van der Waals surface area contributed by atoms with Gasteiger partial charge in [0.25, 0.3) is 0 Å². The number of ether oxygens (including phenoxy) is 5. The number of nitrogens with one attached hydrogen (secondary N) is 1. The van der Waals surface area contributed by atoms with Gasteiger partial charge in [0, 0.05) is 12.6 Å². The number of carbonyl (C=O) groups is 3. The van der Waals surface area contributed by atoms with E-state index in [1.807, 2.05) is 0 Å². The van der Waals surface area contributed by atoms with Crippen LogP contribution in [0.25, 0.3) is 0 Å². The van der Waals surface area contributed by atoms with Crippen LogP contribution in [0, 0.1) is 0 Å². The summed E-state index contributed by atoms with van der Waals surface area (Å²) >= 11 is 0. The molecule has 1 amide bonds. The minimum absolute atomic E-state index is 0.141. The lowest BCUT2D eigenvalue weighted by atomic mass is 10.2. The summed E-state index contributed by atoms with van der Waals surface area (Å²) in [5.41, 5.74) is 0.886. The Balaban J connectivity index is 3.32. The molecule has 1 N–H and O–H groups in total. The van der Waals surface area contributed by atoms with Gasteiger partial charge in [-0.25, -0.2) is 9.59 Å². The van der Waals surface area contributed by atoms with Gasteiger partial charge >= 0.3 is 12.3 Å². The predicted molar refractivity (Wildman–Crippen MR) is 105 cm³/mol. The molecule has 1 aromatic carbocycles. The van der Waals surface area contributed by atoms with E-state index < -0.39 is 24.8 Å². The van der Waals surface area contributed by atoms with E-state index in [1.165, 1.54) is 18.9 Å². The maximum absolute atomic E-state index is 11.8. The van der Waals surface area contributed by atoms with Crippen molar-refractivity contribution in [2.24, 2.45) is 0 Å². The molecule has 0 heterocycles. The van der Waals surface area contributed by atoms with E-state index in [0.717, 1.165) is 0 Å². The van der Waals surface area contributed by atoms with E-state index in [1.54, 1.807) is 45.9 Å². The molecule has 0 aliphatic heterocycles. The van der Waals surface area contributed by atoms with E-state index in [2.05, 4.69) is 5.32 Å². The Hall–Kier alpha value is -3.17. The SMILES string of the molecule is CCOC(=O)OC(C)N(c1cc(NC(C)=O)ccc1OC)C(C)OC(=O)OCC. The fraction of sp³-hybridized carbons (Fsp3) is 0.526. The zero-order valence-corrected chi connectivity index (χ0v) is 17.5. The second-order valence-corrected chi connectivity index (χ2v) is 5.78. The summed E-state index contributed by atoms with van der Waals surface area (Å²) < 4.78 is 25.6. The van der Waals surface area contributed by atoms with Crippen LogP contribution in [0.15, 0.2) is 18.2 Å². The van der Waals surface area contributed by atoms with Crippen molar-refractivity contribution < 1.29 is 38.1 Å². The molecule has 0 aromatic heterocycles. The normalized spacial score (nSPS) is 12.2. The van der Waals surface area contributed by atoms with Crippen molar-refractivity contribution >= 4 is 29.6 Å². The van der Waals surface area contributed by atoms with Crippen LogP contribution in [-0.4, -0.2) is 51.0 Å². The molecule has 0 spiro atoms. The molecule has 0 aliphatic rings. The molecule has 0 bridgehead atoms. The minimum Gasteiger partial charge on any atom is -0.495 e. The summed E-state index contributed by atoms with van der Waals surface area (Å²) in [4.78, 5) is 36.5. The highest BCUT2D eigenvalue weighted by Crippen LogP contribution is 2.34. The zero-order valence-electron chi connectivity index (χ0n) is 17.5. The number of hydrogen-bond acceptors (Lipinski definition) is 9. The van der Waals surface area contributed by atoms with Gasteiger partial charge in [0.1, 0.15) is 5.75 Å². The van der Waals surface area contributed by atoms with E-state index in [9.17, 15) is 14.4 Å². The molecule has 1 rings (SSSR count). The van der Waals surface area contributed by atoms with Crippen molar-refractivity contribution in [3.63, 3.8) is 0 Å².